The maximum atomic E-state index is 6.40. The average molecular weight is 294 g/mol. The molecule has 1 atom stereocenters. The molecule has 0 amide bonds. The van der Waals surface area contributed by atoms with Crippen LogP contribution in [0.15, 0.2) is 35.1 Å². The fourth-order valence-corrected chi connectivity index (χ4v) is 2.61. The minimum absolute atomic E-state index is 0.0259. The molecule has 1 unspecified atom stereocenters. The van der Waals surface area contributed by atoms with Crippen LogP contribution in [0, 0.1) is 0 Å². The third-order valence-electron chi connectivity index (χ3n) is 3.26. The summed E-state index contributed by atoms with van der Waals surface area (Å²) in [5.41, 5.74) is 1.99. The van der Waals surface area contributed by atoms with E-state index in [2.05, 4.69) is 12.2 Å². The zero-order valence-electron chi connectivity index (χ0n) is 11.2. The normalized spacial score (nSPS) is 15.1. The number of nitrogens with one attached hydrogen (secondary N) is 1. The van der Waals surface area contributed by atoms with E-state index in [1.165, 1.54) is 0 Å². The van der Waals surface area contributed by atoms with Crippen molar-refractivity contribution in [1.29, 1.82) is 0 Å². The Bertz CT molecular complexity index is 583. The molecule has 1 aromatic carbocycles. The van der Waals surface area contributed by atoms with Gasteiger partial charge in [0.05, 0.1) is 18.6 Å². The highest BCUT2D eigenvalue weighted by atomic mass is 35.5. The molecular weight excluding hydrogens is 278 g/mol. The summed E-state index contributed by atoms with van der Waals surface area (Å²) in [6, 6.07) is 5.66. The van der Waals surface area contributed by atoms with Crippen LogP contribution in [0.4, 0.5) is 0 Å². The molecule has 20 heavy (non-hydrogen) atoms. The molecule has 3 rings (SSSR count). The van der Waals surface area contributed by atoms with Gasteiger partial charge in [0.15, 0.2) is 11.5 Å². The first-order valence-corrected chi connectivity index (χ1v) is 7.02. The number of rotatable bonds is 4. The van der Waals surface area contributed by atoms with Crippen molar-refractivity contribution >= 4 is 11.6 Å². The van der Waals surface area contributed by atoms with Crippen molar-refractivity contribution in [2.24, 2.45) is 0 Å². The molecule has 0 radical (unpaired) electrons. The lowest BCUT2D eigenvalue weighted by Crippen LogP contribution is -2.22. The number of hydrogen-bond acceptors (Lipinski definition) is 4. The molecule has 2 heterocycles. The smallest absolute Gasteiger partial charge is 0.162 e. The Labute approximate surface area is 122 Å². The van der Waals surface area contributed by atoms with E-state index in [0.29, 0.717) is 24.0 Å². The van der Waals surface area contributed by atoms with Crippen molar-refractivity contribution < 1.29 is 13.9 Å². The Hall–Kier alpha value is -1.65. The summed E-state index contributed by atoms with van der Waals surface area (Å²) in [5.74, 6) is 1.44. The summed E-state index contributed by atoms with van der Waals surface area (Å²) in [5, 5.41) is 4.06. The van der Waals surface area contributed by atoms with Crippen LogP contribution >= 0.6 is 11.6 Å². The highest BCUT2D eigenvalue weighted by Crippen LogP contribution is 2.39. The molecule has 0 spiro atoms. The van der Waals surface area contributed by atoms with E-state index < -0.39 is 0 Å². The second-order valence-corrected chi connectivity index (χ2v) is 4.97. The van der Waals surface area contributed by atoms with Gasteiger partial charge in [-0.2, -0.15) is 0 Å². The van der Waals surface area contributed by atoms with Gasteiger partial charge in [-0.1, -0.05) is 18.5 Å². The maximum Gasteiger partial charge on any atom is 0.162 e. The van der Waals surface area contributed by atoms with Gasteiger partial charge >= 0.3 is 0 Å². The van der Waals surface area contributed by atoms with E-state index in [-0.39, 0.29) is 6.04 Å². The zero-order chi connectivity index (χ0) is 13.9. The molecule has 0 saturated carbocycles. The molecule has 106 valence electrons. The van der Waals surface area contributed by atoms with Crippen molar-refractivity contribution in [3.05, 3.63) is 46.9 Å². The minimum Gasteiger partial charge on any atom is -0.486 e. The summed E-state index contributed by atoms with van der Waals surface area (Å²) in [7, 11) is 0. The van der Waals surface area contributed by atoms with Crippen LogP contribution in [-0.2, 0) is 0 Å². The van der Waals surface area contributed by atoms with Crippen LogP contribution in [0.5, 0.6) is 11.5 Å². The monoisotopic (exact) mass is 293 g/mol. The Morgan fingerprint density at radius 2 is 2.00 bits per heavy atom. The lowest BCUT2D eigenvalue weighted by atomic mass is 10.0. The SMILES string of the molecule is CCNC(c1ccoc1)c1cc2c(cc1Cl)OCCO2. The van der Waals surface area contributed by atoms with Crippen molar-refractivity contribution in [1.82, 2.24) is 5.32 Å². The van der Waals surface area contributed by atoms with Gasteiger partial charge in [-0.3, -0.25) is 0 Å². The largest absolute Gasteiger partial charge is 0.486 e. The quantitative estimate of drug-likeness (QED) is 0.938. The third kappa shape index (κ3) is 2.49. The number of hydrogen-bond donors (Lipinski definition) is 1. The number of halogens is 1. The van der Waals surface area contributed by atoms with Gasteiger partial charge in [0.25, 0.3) is 0 Å². The fraction of sp³-hybridized carbons (Fsp3) is 0.333. The third-order valence-corrected chi connectivity index (χ3v) is 3.58. The summed E-state index contributed by atoms with van der Waals surface area (Å²) in [6.07, 6.45) is 3.38. The van der Waals surface area contributed by atoms with Gasteiger partial charge < -0.3 is 19.2 Å². The van der Waals surface area contributed by atoms with Crippen LogP contribution in [0.1, 0.15) is 24.1 Å². The molecule has 0 aliphatic carbocycles. The molecule has 0 fully saturated rings. The molecule has 0 saturated heterocycles. The predicted octanol–water partition coefficient (Wildman–Crippen LogP) is 3.40. The first kappa shape index (κ1) is 13.3. The standard InChI is InChI=1S/C15H16ClNO3/c1-2-17-15(10-3-4-18-9-10)11-7-13-14(8-12(11)16)20-6-5-19-13/h3-4,7-9,15,17H,2,5-6H2,1H3. The first-order chi connectivity index (χ1) is 9.79. The number of fused-ring (bicyclic) bond motifs is 1. The maximum absolute atomic E-state index is 6.40. The van der Waals surface area contributed by atoms with Gasteiger partial charge in [-0.25, -0.2) is 0 Å². The molecule has 1 aliphatic heterocycles. The fourth-order valence-electron chi connectivity index (χ4n) is 2.35. The van der Waals surface area contributed by atoms with E-state index in [0.717, 1.165) is 23.4 Å². The Kier molecular flexibility index (Phi) is 3.85. The van der Waals surface area contributed by atoms with Gasteiger partial charge in [0.2, 0.25) is 0 Å². The van der Waals surface area contributed by atoms with Crippen LogP contribution in [0.2, 0.25) is 5.02 Å². The molecule has 2 aromatic rings. The topological polar surface area (TPSA) is 43.6 Å². The molecule has 5 heteroatoms. The molecule has 1 aromatic heterocycles. The minimum atomic E-state index is -0.0259. The number of ether oxygens (including phenoxy) is 2. The number of benzene rings is 1. The summed E-state index contributed by atoms with van der Waals surface area (Å²) in [6.45, 7) is 3.99. The van der Waals surface area contributed by atoms with Gasteiger partial charge in [0, 0.05) is 16.7 Å². The van der Waals surface area contributed by atoms with Crippen molar-refractivity contribution in [3.8, 4) is 11.5 Å². The van der Waals surface area contributed by atoms with E-state index in [4.69, 9.17) is 25.5 Å². The van der Waals surface area contributed by atoms with Crippen molar-refractivity contribution in [2.75, 3.05) is 19.8 Å². The zero-order valence-corrected chi connectivity index (χ0v) is 11.9. The van der Waals surface area contributed by atoms with Gasteiger partial charge in [0.1, 0.15) is 13.2 Å². The highest BCUT2D eigenvalue weighted by Gasteiger charge is 2.22. The Morgan fingerprint density at radius 1 is 1.25 bits per heavy atom. The first-order valence-electron chi connectivity index (χ1n) is 6.64. The molecular formula is C15H16ClNO3. The van der Waals surface area contributed by atoms with E-state index in [1.807, 2.05) is 18.2 Å². The summed E-state index contributed by atoms with van der Waals surface area (Å²) >= 11 is 6.40. The second kappa shape index (κ2) is 5.77. The molecule has 1 aliphatic rings. The Balaban J connectivity index is 2.02. The van der Waals surface area contributed by atoms with E-state index >= 15 is 0 Å². The van der Waals surface area contributed by atoms with Crippen LogP contribution in [0.3, 0.4) is 0 Å². The average Bonchev–Trinajstić information content (AvgIpc) is 2.98. The lowest BCUT2D eigenvalue weighted by molar-refractivity contribution is 0.171. The van der Waals surface area contributed by atoms with Gasteiger partial charge in [-0.15, -0.1) is 0 Å². The second-order valence-electron chi connectivity index (χ2n) is 4.56. The summed E-state index contributed by atoms with van der Waals surface area (Å²) < 4.78 is 16.3. The molecule has 4 nitrogen and oxygen atoms in total. The Morgan fingerprint density at radius 3 is 2.65 bits per heavy atom. The summed E-state index contributed by atoms with van der Waals surface area (Å²) in [4.78, 5) is 0. The van der Waals surface area contributed by atoms with E-state index in [9.17, 15) is 0 Å². The van der Waals surface area contributed by atoms with E-state index in [1.54, 1.807) is 12.5 Å². The van der Waals surface area contributed by atoms with Crippen LogP contribution < -0.4 is 14.8 Å². The van der Waals surface area contributed by atoms with Gasteiger partial charge in [-0.05, 0) is 24.2 Å². The van der Waals surface area contributed by atoms with Crippen LogP contribution in [0.25, 0.3) is 0 Å². The lowest BCUT2D eigenvalue weighted by Gasteiger charge is -2.23. The number of furan rings is 1. The molecule has 0 bridgehead atoms. The van der Waals surface area contributed by atoms with Crippen molar-refractivity contribution in [3.63, 3.8) is 0 Å². The molecule has 1 N–H and O–H groups in total. The van der Waals surface area contributed by atoms with Crippen LogP contribution in [-0.4, -0.2) is 19.8 Å². The van der Waals surface area contributed by atoms with Crippen molar-refractivity contribution in [2.45, 2.75) is 13.0 Å². The highest BCUT2D eigenvalue weighted by molar-refractivity contribution is 6.31. The predicted molar refractivity (Wildman–Crippen MR) is 76.7 cm³/mol.